The Morgan fingerprint density at radius 2 is 2.33 bits per heavy atom. The van der Waals surface area contributed by atoms with Gasteiger partial charge in [0.25, 0.3) is 5.91 Å². The maximum atomic E-state index is 12.0. The maximum absolute atomic E-state index is 12.0. The van der Waals surface area contributed by atoms with E-state index in [0.29, 0.717) is 6.61 Å². The molecular weight excluding hydrogens is 260 g/mol. The first kappa shape index (κ1) is 12.8. The van der Waals surface area contributed by atoms with E-state index in [2.05, 4.69) is 10.3 Å². The molecule has 1 fully saturated rings. The van der Waals surface area contributed by atoms with Crippen molar-refractivity contribution in [2.24, 2.45) is 0 Å². The van der Waals surface area contributed by atoms with Crippen LogP contribution in [0.25, 0.3) is 0 Å². The first-order valence-corrected chi connectivity index (χ1v) is 5.66. The lowest BCUT2D eigenvalue weighted by molar-refractivity contribution is -0.144. The SMILES string of the molecule is O=C(NC1(C(=O)O)CCOC1)c1cnccc1Cl. The third kappa shape index (κ3) is 2.30. The Morgan fingerprint density at radius 1 is 1.56 bits per heavy atom. The highest BCUT2D eigenvalue weighted by Gasteiger charge is 2.44. The highest BCUT2D eigenvalue weighted by Crippen LogP contribution is 2.21. The summed E-state index contributed by atoms with van der Waals surface area (Å²) < 4.78 is 5.04. The number of halogens is 1. The quantitative estimate of drug-likeness (QED) is 0.844. The van der Waals surface area contributed by atoms with Gasteiger partial charge in [-0.25, -0.2) is 4.79 Å². The molecule has 96 valence electrons. The topological polar surface area (TPSA) is 88.5 Å². The summed E-state index contributed by atoms with van der Waals surface area (Å²) in [6, 6.07) is 1.47. The van der Waals surface area contributed by atoms with Gasteiger partial charge in [-0.15, -0.1) is 0 Å². The molecule has 0 bridgehead atoms. The number of hydrogen-bond acceptors (Lipinski definition) is 4. The Morgan fingerprint density at radius 3 is 2.89 bits per heavy atom. The van der Waals surface area contributed by atoms with Crippen molar-refractivity contribution in [1.82, 2.24) is 10.3 Å². The van der Waals surface area contributed by atoms with E-state index in [4.69, 9.17) is 16.3 Å². The number of carboxylic acid groups (broad SMARTS) is 1. The second kappa shape index (κ2) is 4.91. The summed E-state index contributed by atoms with van der Waals surface area (Å²) in [5.74, 6) is -1.69. The highest BCUT2D eigenvalue weighted by molar-refractivity contribution is 6.33. The molecule has 18 heavy (non-hydrogen) atoms. The number of hydrogen-bond donors (Lipinski definition) is 2. The van der Waals surface area contributed by atoms with E-state index in [-0.39, 0.29) is 23.6 Å². The normalized spacial score (nSPS) is 22.7. The highest BCUT2D eigenvalue weighted by atomic mass is 35.5. The number of carboxylic acids is 1. The summed E-state index contributed by atoms with van der Waals surface area (Å²) in [5, 5.41) is 11.9. The van der Waals surface area contributed by atoms with Gasteiger partial charge in [0.05, 0.1) is 17.2 Å². The van der Waals surface area contributed by atoms with Crippen LogP contribution in [0.4, 0.5) is 0 Å². The molecule has 1 aromatic rings. The van der Waals surface area contributed by atoms with Crippen LogP contribution in [0.3, 0.4) is 0 Å². The molecule has 1 amide bonds. The van der Waals surface area contributed by atoms with Gasteiger partial charge in [-0.2, -0.15) is 0 Å². The van der Waals surface area contributed by atoms with Crippen molar-refractivity contribution >= 4 is 23.5 Å². The lowest BCUT2D eigenvalue weighted by Gasteiger charge is -2.23. The van der Waals surface area contributed by atoms with Crippen LogP contribution in [0.2, 0.25) is 5.02 Å². The number of rotatable bonds is 3. The van der Waals surface area contributed by atoms with Gasteiger partial charge in [-0.1, -0.05) is 11.6 Å². The van der Waals surface area contributed by atoms with Crippen LogP contribution >= 0.6 is 11.6 Å². The fourth-order valence-corrected chi connectivity index (χ4v) is 1.91. The van der Waals surface area contributed by atoms with Gasteiger partial charge in [-0.05, 0) is 6.07 Å². The smallest absolute Gasteiger partial charge is 0.331 e. The van der Waals surface area contributed by atoms with Gasteiger partial charge < -0.3 is 15.2 Å². The maximum Gasteiger partial charge on any atom is 0.331 e. The zero-order valence-electron chi connectivity index (χ0n) is 9.35. The Kier molecular flexibility index (Phi) is 3.49. The first-order valence-electron chi connectivity index (χ1n) is 5.28. The summed E-state index contributed by atoms with van der Waals surface area (Å²) in [7, 11) is 0. The fraction of sp³-hybridized carbons (Fsp3) is 0.364. The van der Waals surface area contributed by atoms with Crippen LogP contribution in [0.15, 0.2) is 18.5 Å². The molecule has 1 saturated heterocycles. The molecule has 0 radical (unpaired) electrons. The summed E-state index contributed by atoms with van der Waals surface area (Å²) in [6.45, 7) is 0.249. The average molecular weight is 271 g/mol. The van der Waals surface area contributed by atoms with E-state index in [1.807, 2.05) is 0 Å². The molecule has 6 nitrogen and oxygen atoms in total. The van der Waals surface area contributed by atoms with Crippen LogP contribution < -0.4 is 5.32 Å². The lowest BCUT2D eigenvalue weighted by atomic mass is 9.98. The molecule has 0 spiro atoms. The van der Waals surface area contributed by atoms with Crippen molar-refractivity contribution in [1.29, 1.82) is 0 Å². The van der Waals surface area contributed by atoms with Crippen LogP contribution in [-0.4, -0.2) is 40.7 Å². The van der Waals surface area contributed by atoms with Crippen LogP contribution in [0, 0.1) is 0 Å². The molecule has 1 aliphatic heterocycles. The lowest BCUT2D eigenvalue weighted by Crippen LogP contribution is -2.55. The van der Waals surface area contributed by atoms with E-state index in [1.165, 1.54) is 18.5 Å². The van der Waals surface area contributed by atoms with Crippen molar-refractivity contribution in [2.75, 3.05) is 13.2 Å². The fourth-order valence-electron chi connectivity index (χ4n) is 1.71. The number of aliphatic carboxylic acids is 1. The molecule has 1 atom stereocenters. The van der Waals surface area contributed by atoms with Gasteiger partial charge in [-0.3, -0.25) is 9.78 Å². The number of carbonyl (C=O) groups excluding carboxylic acids is 1. The third-order valence-corrected chi connectivity index (χ3v) is 3.13. The summed E-state index contributed by atoms with van der Waals surface area (Å²) in [6.07, 6.45) is 2.97. The number of nitrogens with zero attached hydrogens (tertiary/aromatic N) is 1. The molecule has 1 aromatic heterocycles. The zero-order valence-corrected chi connectivity index (χ0v) is 10.1. The Balaban J connectivity index is 2.21. The van der Waals surface area contributed by atoms with Gasteiger partial charge in [0.1, 0.15) is 0 Å². The van der Waals surface area contributed by atoms with Gasteiger partial charge in [0.15, 0.2) is 5.54 Å². The molecule has 1 unspecified atom stereocenters. The molecule has 2 rings (SSSR count). The number of ether oxygens (including phenoxy) is 1. The summed E-state index contributed by atoms with van der Waals surface area (Å²) >= 11 is 5.85. The van der Waals surface area contributed by atoms with Crippen molar-refractivity contribution in [3.63, 3.8) is 0 Å². The number of nitrogens with one attached hydrogen (secondary N) is 1. The number of pyridine rings is 1. The number of aromatic nitrogens is 1. The van der Waals surface area contributed by atoms with Crippen molar-refractivity contribution in [3.8, 4) is 0 Å². The Hall–Kier alpha value is -1.66. The van der Waals surface area contributed by atoms with Crippen molar-refractivity contribution in [2.45, 2.75) is 12.0 Å². The molecule has 0 aliphatic carbocycles. The van der Waals surface area contributed by atoms with E-state index < -0.39 is 17.4 Å². The zero-order chi connectivity index (χ0) is 13.2. The van der Waals surface area contributed by atoms with Gasteiger partial charge in [0, 0.05) is 25.4 Å². The minimum atomic E-state index is -1.38. The van der Waals surface area contributed by atoms with E-state index in [9.17, 15) is 14.7 Å². The molecule has 7 heteroatoms. The Bertz CT molecular complexity index is 486. The molecule has 1 aliphatic rings. The molecule has 2 N–H and O–H groups in total. The van der Waals surface area contributed by atoms with E-state index >= 15 is 0 Å². The number of carbonyl (C=O) groups is 2. The second-order valence-corrected chi connectivity index (χ2v) is 4.41. The third-order valence-electron chi connectivity index (χ3n) is 2.80. The summed E-state index contributed by atoms with van der Waals surface area (Å²) in [5.41, 5.74) is -1.23. The Labute approximate surface area is 108 Å². The summed E-state index contributed by atoms with van der Waals surface area (Å²) in [4.78, 5) is 27.0. The number of amides is 1. The van der Waals surface area contributed by atoms with Crippen LogP contribution in [0.5, 0.6) is 0 Å². The van der Waals surface area contributed by atoms with Gasteiger partial charge in [0.2, 0.25) is 0 Å². The first-order chi connectivity index (χ1) is 8.55. The predicted molar refractivity (Wildman–Crippen MR) is 62.5 cm³/mol. The minimum absolute atomic E-state index is 0.0496. The van der Waals surface area contributed by atoms with E-state index in [1.54, 1.807) is 0 Å². The van der Waals surface area contributed by atoms with Crippen LogP contribution in [0.1, 0.15) is 16.8 Å². The predicted octanol–water partition coefficient (Wildman–Crippen LogP) is 0.708. The van der Waals surface area contributed by atoms with Crippen LogP contribution in [-0.2, 0) is 9.53 Å². The largest absolute Gasteiger partial charge is 0.479 e. The standard InChI is InChI=1S/C11H11ClN2O4/c12-8-1-3-13-5-7(8)9(15)14-11(10(16)17)2-4-18-6-11/h1,3,5H,2,4,6H2,(H,14,15)(H,16,17). The minimum Gasteiger partial charge on any atom is -0.479 e. The van der Waals surface area contributed by atoms with Crippen molar-refractivity contribution in [3.05, 3.63) is 29.0 Å². The second-order valence-electron chi connectivity index (χ2n) is 4.00. The average Bonchev–Trinajstić information content (AvgIpc) is 2.79. The molecule has 2 heterocycles. The monoisotopic (exact) mass is 270 g/mol. The molecule has 0 aromatic carbocycles. The van der Waals surface area contributed by atoms with Crippen molar-refractivity contribution < 1.29 is 19.4 Å². The molecule has 0 saturated carbocycles. The van der Waals surface area contributed by atoms with Gasteiger partial charge >= 0.3 is 5.97 Å². The van der Waals surface area contributed by atoms with E-state index in [0.717, 1.165) is 0 Å². The molecular formula is C11H11ClN2O4.